The molecule has 1 amide bonds. The largest absolute Gasteiger partial charge is 0.762 e. The summed E-state index contributed by atoms with van der Waals surface area (Å²) < 4.78 is 18.2. The Kier molecular flexibility index (Phi) is 3.24. The van der Waals surface area contributed by atoms with E-state index >= 15 is 0 Å². The fourth-order valence-electron chi connectivity index (χ4n) is 7.36. The molecule has 4 bridgehead atoms. The molecule has 7 rings (SSSR count). The second kappa shape index (κ2) is 5.31. The van der Waals surface area contributed by atoms with Crippen molar-refractivity contribution in [3.63, 3.8) is 0 Å². The Bertz CT molecular complexity index is 949. The van der Waals surface area contributed by atoms with Gasteiger partial charge in [-0.05, 0) is 30.9 Å². The van der Waals surface area contributed by atoms with Crippen LogP contribution in [0.3, 0.4) is 0 Å². The molecule has 8 nitrogen and oxygen atoms in total. The first-order valence-corrected chi connectivity index (χ1v) is 9.98. The highest BCUT2D eigenvalue weighted by Gasteiger charge is 2.79. The number of carbonyl (C=O) groups excluding carboxylic acids is 1. The van der Waals surface area contributed by atoms with Gasteiger partial charge in [0.05, 0.1) is 18.6 Å². The Morgan fingerprint density at radius 1 is 1.38 bits per heavy atom. The molecule has 1 saturated carbocycles. The van der Waals surface area contributed by atoms with Crippen molar-refractivity contribution in [2.24, 2.45) is 5.41 Å². The monoisotopic (exact) mass is 399 g/mol. The summed E-state index contributed by atoms with van der Waals surface area (Å²) in [5, 5.41) is 22.3. The zero-order valence-electron chi connectivity index (χ0n) is 16.3. The van der Waals surface area contributed by atoms with Gasteiger partial charge in [0.25, 0.3) is 0 Å². The molecule has 2 fully saturated rings. The van der Waals surface area contributed by atoms with E-state index in [0.29, 0.717) is 37.3 Å². The summed E-state index contributed by atoms with van der Waals surface area (Å²) in [4.78, 5) is 13.8. The third-order valence-electron chi connectivity index (χ3n) is 8.42. The van der Waals surface area contributed by atoms with Gasteiger partial charge in [0, 0.05) is 30.7 Å². The van der Waals surface area contributed by atoms with E-state index in [1.54, 1.807) is 14.2 Å². The Hall–Kier alpha value is -2.13. The second-order valence-electron chi connectivity index (χ2n) is 8.87. The number of piperidine rings is 1. The Morgan fingerprint density at radius 3 is 2.90 bits per heavy atom. The summed E-state index contributed by atoms with van der Waals surface area (Å²) in [6.07, 6.45) is 6.20. The van der Waals surface area contributed by atoms with Gasteiger partial charge in [-0.1, -0.05) is 18.2 Å². The standard InChI is InChI=1S/C21H23N2O6/c1-27-13-4-3-12-9-14-19-5-6-21(28-2,15(10-19)23(25)26)18-20(19,7-8-22(14)11-24)16(12)17(13)29-18/h3-6,11,14-15,18,25H,7-10H2,1-2H3/q-1/t14?,15?,18?,19?,20-,21?/m0/s1. The number of carbonyl (C=O) groups is 1. The van der Waals surface area contributed by atoms with Gasteiger partial charge in [-0.15, -0.1) is 0 Å². The summed E-state index contributed by atoms with van der Waals surface area (Å²) in [7, 11) is 3.17. The number of amides is 1. The zero-order valence-corrected chi connectivity index (χ0v) is 16.3. The molecule has 1 aromatic carbocycles. The molecule has 29 heavy (non-hydrogen) atoms. The van der Waals surface area contributed by atoms with Gasteiger partial charge in [0.1, 0.15) is 11.7 Å². The molecule has 1 saturated heterocycles. The van der Waals surface area contributed by atoms with E-state index in [1.807, 2.05) is 17.0 Å². The maximum Gasteiger partial charge on any atom is 0.209 e. The fraction of sp³-hybridized carbons (Fsp3) is 0.571. The highest BCUT2D eigenvalue weighted by Crippen LogP contribution is 2.73. The van der Waals surface area contributed by atoms with Crippen LogP contribution in [-0.4, -0.2) is 66.3 Å². The van der Waals surface area contributed by atoms with E-state index in [2.05, 4.69) is 12.1 Å². The van der Waals surface area contributed by atoms with Crippen LogP contribution in [0, 0.1) is 10.6 Å². The van der Waals surface area contributed by atoms with Crippen LogP contribution in [0.5, 0.6) is 11.5 Å². The SMILES string of the molecule is COc1ccc2c3c1OC1C4(OC)C=CC5(CC4N([O-])O)C(C2)N(C=O)CC[C@]315. The maximum atomic E-state index is 12.3. The molecule has 2 aliphatic heterocycles. The Balaban J connectivity index is 1.70. The molecule has 8 heteroatoms. The predicted molar refractivity (Wildman–Crippen MR) is 101 cm³/mol. The first kappa shape index (κ1) is 17.7. The van der Waals surface area contributed by atoms with Gasteiger partial charge in [-0.25, -0.2) is 0 Å². The maximum absolute atomic E-state index is 12.3. The summed E-state index contributed by atoms with van der Waals surface area (Å²) in [6.45, 7) is 0.615. The number of fused-ring (bicyclic) bond motifs is 1. The Labute approximate surface area is 168 Å². The molecule has 2 heterocycles. The van der Waals surface area contributed by atoms with E-state index in [4.69, 9.17) is 14.2 Å². The fourth-order valence-corrected chi connectivity index (χ4v) is 7.36. The molecule has 0 radical (unpaired) electrons. The highest BCUT2D eigenvalue weighted by molar-refractivity contribution is 5.67. The zero-order chi connectivity index (χ0) is 20.2. The minimum atomic E-state index is -1.09. The number of nitrogens with zero attached hydrogens (tertiary/aromatic N) is 2. The van der Waals surface area contributed by atoms with E-state index in [9.17, 15) is 15.2 Å². The number of benzene rings is 1. The third-order valence-corrected chi connectivity index (χ3v) is 8.42. The summed E-state index contributed by atoms with van der Waals surface area (Å²) >= 11 is 0. The molecule has 6 atom stereocenters. The van der Waals surface area contributed by atoms with Crippen molar-refractivity contribution in [2.75, 3.05) is 20.8 Å². The molecular formula is C21H23N2O6-. The summed E-state index contributed by atoms with van der Waals surface area (Å²) in [6, 6.07) is 3.03. The van der Waals surface area contributed by atoms with Gasteiger partial charge >= 0.3 is 0 Å². The van der Waals surface area contributed by atoms with Gasteiger partial charge < -0.3 is 29.5 Å². The van der Waals surface area contributed by atoms with Crippen molar-refractivity contribution in [3.05, 3.63) is 40.6 Å². The van der Waals surface area contributed by atoms with Gasteiger partial charge in [0.15, 0.2) is 11.5 Å². The van der Waals surface area contributed by atoms with Crippen molar-refractivity contribution in [2.45, 2.75) is 48.5 Å². The average molecular weight is 399 g/mol. The first-order valence-electron chi connectivity index (χ1n) is 9.98. The molecule has 6 aliphatic rings. The first-order chi connectivity index (χ1) is 14.0. The van der Waals surface area contributed by atoms with E-state index in [-0.39, 0.29) is 11.3 Å². The number of methoxy groups -OCH3 is 2. The van der Waals surface area contributed by atoms with Crippen molar-refractivity contribution in [1.82, 2.24) is 10.1 Å². The van der Waals surface area contributed by atoms with Crippen molar-refractivity contribution in [1.29, 1.82) is 0 Å². The number of hydrogen-bond donors (Lipinski definition) is 1. The lowest BCUT2D eigenvalue weighted by atomic mass is 9.38. The van der Waals surface area contributed by atoms with Gasteiger partial charge in [-0.3, -0.25) is 10.0 Å². The van der Waals surface area contributed by atoms with Crippen LogP contribution in [0.25, 0.3) is 0 Å². The molecule has 1 aromatic rings. The normalized spacial score (nSPS) is 42.7. The molecular weight excluding hydrogens is 376 g/mol. The van der Waals surface area contributed by atoms with E-state index in [1.165, 1.54) is 0 Å². The predicted octanol–water partition coefficient (Wildman–Crippen LogP) is 1.38. The molecule has 2 spiro atoms. The van der Waals surface area contributed by atoms with Crippen molar-refractivity contribution in [3.8, 4) is 11.5 Å². The van der Waals surface area contributed by atoms with E-state index < -0.39 is 28.6 Å². The summed E-state index contributed by atoms with van der Waals surface area (Å²) in [5.41, 5.74) is 0.231. The highest BCUT2D eigenvalue weighted by atomic mass is 16.8. The van der Waals surface area contributed by atoms with Crippen LogP contribution in [0.4, 0.5) is 0 Å². The topological polar surface area (TPSA) is 94.5 Å². The number of likely N-dealkylation sites (tertiary alicyclic amines) is 1. The van der Waals surface area contributed by atoms with Crippen LogP contribution >= 0.6 is 0 Å². The number of hydrogen-bond acceptors (Lipinski definition) is 7. The van der Waals surface area contributed by atoms with Crippen LogP contribution in [-0.2, 0) is 21.4 Å². The van der Waals surface area contributed by atoms with Crippen molar-refractivity contribution >= 4 is 6.41 Å². The van der Waals surface area contributed by atoms with E-state index in [0.717, 1.165) is 17.5 Å². The minimum Gasteiger partial charge on any atom is -0.762 e. The quantitative estimate of drug-likeness (QED) is 0.464. The number of hydroxylamine groups is 2. The lowest BCUT2D eigenvalue weighted by Crippen LogP contribution is -2.81. The summed E-state index contributed by atoms with van der Waals surface area (Å²) in [5.74, 6) is 1.36. The molecule has 1 N–H and O–H groups in total. The third kappa shape index (κ3) is 1.64. The lowest BCUT2D eigenvalue weighted by molar-refractivity contribution is -0.250. The minimum absolute atomic E-state index is 0.0156. The Morgan fingerprint density at radius 2 is 2.21 bits per heavy atom. The van der Waals surface area contributed by atoms with Crippen LogP contribution in [0.15, 0.2) is 24.3 Å². The average Bonchev–Trinajstić information content (AvgIpc) is 3.10. The van der Waals surface area contributed by atoms with Gasteiger partial charge in [-0.2, -0.15) is 0 Å². The van der Waals surface area contributed by atoms with Gasteiger partial charge in [0.2, 0.25) is 6.41 Å². The van der Waals surface area contributed by atoms with Crippen molar-refractivity contribution < 1.29 is 24.2 Å². The molecule has 154 valence electrons. The van der Waals surface area contributed by atoms with Crippen LogP contribution in [0.1, 0.15) is 24.0 Å². The number of rotatable bonds is 4. The number of ether oxygens (including phenoxy) is 3. The lowest BCUT2D eigenvalue weighted by Gasteiger charge is -2.71. The second-order valence-corrected chi connectivity index (χ2v) is 8.87. The van der Waals surface area contributed by atoms with Crippen LogP contribution in [0.2, 0.25) is 0 Å². The molecule has 5 unspecified atom stereocenters. The van der Waals surface area contributed by atoms with Crippen LogP contribution < -0.4 is 9.47 Å². The molecule has 0 aromatic heterocycles. The smallest absolute Gasteiger partial charge is 0.209 e. The molecule has 4 aliphatic carbocycles.